The summed E-state index contributed by atoms with van der Waals surface area (Å²) in [5, 5.41) is 8.88. The van der Waals surface area contributed by atoms with Crippen LogP contribution in [0.25, 0.3) is 0 Å². The lowest BCUT2D eigenvalue weighted by Gasteiger charge is -2.29. The Kier molecular flexibility index (Phi) is 4.91. The van der Waals surface area contributed by atoms with Crippen molar-refractivity contribution >= 4 is 26.0 Å². The van der Waals surface area contributed by atoms with Crippen molar-refractivity contribution in [3.05, 3.63) is 0 Å². The van der Waals surface area contributed by atoms with Gasteiger partial charge in [0.05, 0.1) is 17.4 Å². The number of rotatable bonds is 5. The summed E-state index contributed by atoms with van der Waals surface area (Å²) < 4.78 is 50.5. The molecule has 0 aromatic rings. The van der Waals surface area contributed by atoms with Crippen LogP contribution in [0.1, 0.15) is 19.3 Å². The first kappa shape index (κ1) is 16.7. The van der Waals surface area contributed by atoms with E-state index < -0.39 is 31.9 Å². The van der Waals surface area contributed by atoms with Crippen LogP contribution in [0, 0.1) is 11.8 Å². The zero-order valence-electron chi connectivity index (χ0n) is 11.6. The van der Waals surface area contributed by atoms with E-state index in [9.17, 15) is 21.6 Å². The predicted octanol–water partition coefficient (Wildman–Crippen LogP) is -0.948. The van der Waals surface area contributed by atoms with Crippen LogP contribution in [0.3, 0.4) is 0 Å². The molecule has 2 rings (SSSR count). The van der Waals surface area contributed by atoms with Crippen molar-refractivity contribution in [2.45, 2.75) is 19.3 Å². The Morgan fingerprint density at radius 2 is 1.86 bits per heavy atom. The molecule has 10 heteroatoms. The minimum Gasteiger partial charge on any atom is -0.481 e. The number of sulfone groups is 1. The van der Waals surface area contributed by atoms with Crippen LogP contribution < -0.4 is 4.72 Å². The maximum absolute atomic E-state index is 12.1. The summed E-state index contributed by atoms with van der Waals surface area (Å²) in [6.45, 7) is 0.463. The lowest BCUT2D eigenvalue weighted by molar-refractivity contribution is -0.142. The van der Waals surface area contributed by atoms with E-state index in [0.29, 0.717) is 19.3 Å². The predicted molar refractivity (Wildman–Crippen MR) is 75.6 cm³/mol. The van der Waals surface area contributed by atoms with Gasteiger partial charge in [-0.05, 0) is 25.2 Å². The molecule has 0 radical (unpaired) electrons. The average molecular weight is 340 g/mol. The number of carboxylic acid groups (broad SMARTS) is 1. The Labute approximate surface area is 124 Å². The average Bonchev–Trinajstić information content (AvgIpc) is 2.76. The second-order valence-electron chi connectivity index (χ2n) is 5.63. The quantitative estimate of drug-likeness (QED) is 0.666. The molecular formula is C11H20N2O6S2. The highest BCUT2D eigenvalue weighted by molar-refractivity contribution is 7.91. The Balaban J connectivity index is 1.84. The summed E-state index contributed by atoms with van der Waals surface area (Å²) >= 11 is 0. The Morgan fingerprint density at radius 3 is 2.33 bits per heavy atom. The highest BCUT2D eigenvalue weighted by Crippen LogP contribution is 2.20. The van der Waals surface area contributed by atoms with E-state index in [1.54, 1.807) is 0 Å². The van der Waals surface area contributed by atoms with E-state index in [4.69, 9.17) is 5.11 Å². The Bertz CT molecular complexity index is 592. The van der Waals surface area contributed by atoms with Crippen molar-refractivity contribution in [2.75, 3.05) is 31.1 Å². The van der Waals surface area contributed by atoms with Gasteiger partial charge in [0.25, 0.3) is 10.2 Å². The van der Waals surface area contributed by atoms with Crippen LogP contribution in [0.5, 0.6) is 0 Å². The van der Waals surface area contributed by atoms with E-state index in [1.807, 2.05) is 0 Å². The van der Waals surface area contributed by atoms with Gasteiger partial charge in [-0.15, -0.1) is 0 Å². The molecule has 0 amide bonds. The summed E-state index contributed by atoms with van der Waals surface area (Å²) in [6, 6.07) is 0. The number of nitrogens with one attached hydrogen (secondary N) is 1. The van der Waals surface area contributed by atoms with Gasteiger partial charge in [0.15, 0.2) is 9.84 Å². The molecule has 2 N–H and O–H groups in total. The smallest absolute Gasteiger partial charge is 0.306 e. The maximum Gasteiger partial charge on any atom is 0.306 e. The molecule has 1 unspecified atom stereocenters. The second-order valence-corrected chi connectivity index (χ2v) is 9.62. The standard InChI is InChI=1S/C11H20N2O6S2/c14-11(15)10-1-4-13(5-2-10)21(18,19)12-7-9-3-6-20(16,17)8-9/h9-10,12H,1-8H2,(H,14,15). The summed E-state index contributed by atoms with van der Waals surface area (Å²) in [5.74, 6) is -1.42. The number of hydrogen-bond acceptors (Lipinski definition) is 5. The van der Waals surface area contributed by atoms with Gasteiger partial charge in [-0.25, -0.2) is 13.1 Å². The van der Waals surface area contributed by atoms with E-state index in [-0.39, 0.29) is 37.1 Å². The molecule has 0 aliphatic carbocycles. The first-order valence-electron chi connectivity index (χ1n) is 6.87. The molecule has 21 heavy (non-hydrogen) atoms. The minimum absolute atomic E-state index is 0.0244. The molecule has 2 aliphatic heterocycles. The molecule has 2 aliphatic rings. The van der Waals surface area contributed by atoms with Crippen LogP contribution in [-0.4, -0.2) is 63.4 Å². The second kappa shape index (κ2) is 6.19. The number of aliphatic carboxylic acids is 1. The molecule has 2 saturated heterocycles. The Morgan fingerprint density at radius 1 is 1.24 bits per heavy atom. The lowest BCUT2D eigenvalue weighted by Crippen LogP contribution is -2.47. The molecule has 0 saturated carbocycles. The molecule has 0 spiro atoms. The van der Waals surface area contributed by atoms with Gasteiger partial charge in [-0.1, -0.05) is 0 Å². The minimum atomic E-state index is -3.66. The molecule has 0 aromatic heterocycles. The van der Waals surface area contributed by atoms with E-state index >= 15 is 0 Å². The first-order chi connectivity index (χ1) is 9.70. The first-order valence-corrected chi connectivity index (χ1v) is 10.1. The topological polar surface area (TPSA) is 121 Å². The van der Waals surface area contributed by atoms with Crippen LogP contribution in [0.15, 0.2) is 0 Å². The normalized spacial score (nSPS) is 27.7. The molecule has 122 valence electrons. The van der Waals surface area contributed by atoms with E-state index in [0.717, 1.165) is 0 Å². The summed E-state index contributed by atoms with van der Waals surface area (Å²) in [5.41, 5.74) is 0. The van der Waals surface area contributed by atoms with E-state index in [2.05, 4.69) is 4.72 Å². The molecular weight excluding hydrogens is 320 g/mol. The third kappa shape index (κ3) is 4.38. The molecule has 0 aromatic carbocycles. The van der Waals surface area contributed by atoms with Crippen molar-refractivity contribution in [3.63, 3.8) is 0 Å². The van der Waals surface area contributed by atoms with Crippen molar-refractivity contribution in [1.82, 2.24) is 9.03 Å². The zero-order chi connectivity index (χ0) is 15.7. The molecule has 2 fully saturated rings. The lowest BCUT2D eigenvalue weighted by atomic mass is 9.99. The number of carbonyl (C=O) groups is 1. The van der Waals surface area contributed by atoms with Gasteiger partial charge < -0.3 is 5.11 Å². The molecule has 0 bridgehead atoms. The summed E-state index contributed by atoms with van der Waals surface area (Å²) in [7, 11) is -6.68. The summed E-state index contributed by atoms with van der Waals surface area (Å²) in [4.78, 5) is 10.8. The van der Waals surface area contributed by atoms with Gasteiger partial charge in [-0.2, -0.15) is 12.7 Å². The third-order valence-electron chi connectivity index (χ3n) is 4.02. The SMILES string of the molecule is O=C(O)C1CCN(S(=O)(=O)NCC2CCS(=O)(=O)C2)CC1. The fourth-order valence-electron chi connectivity index (χ4n) is 2.69. The highest BCUT2D eigenvalue weighted by atomic mass is 32.2. The maximum atomic E-state index is 12.1. The van der Waals surface area contributed by atoms with Crippen LogP contribution >= 0.6 is 0 Å². The van der Waals surface area contributed by atoms with Crippen LogP contribution in [-0.2, 0) is 24.8 Å². The van der Waals surface area contributed by atoms with Crippen molar-refractivity contribution < 1.29 is 26.7 Å². The van der Waals surface area contributed by atoms with Gasteiger partial charge >= 0.3 is 5.97 Å². The zero-order valence-corrected chi connectivity index (χ0v) is 13.2. The van der Waals surface area contributed by atoms with Gasteiger partial charge in [0, 0.05) is 19.6 Å². The molecule has 8 nitrogen and oxygen atoms in total. The highest BCUT2D eigenvalue weighted by Gasteiger charge is 2.33. The van der Waals surface area contributed by atoms with Gasteiger partial charge in [0.1, 0.15) is 0 Å². The van der Waals surface area contributed by atoms with E-state index in [1.165, 1.54) is 4.31 Å². The number of carboxylic acids is 1. The fraction of sp³-hybridized carbons (Fsp3) is 0.909. The third-order valence-corrected chi connectivity index (χ3v) is 7.44. The number of piperidine rings is 1. The van der Waals surface area contributed by atoms with Gasteiger partial charge in [0.2, 0.25) is 0 Å². The Hall–Kier alpha value is -0.710. The van der Waals surface area contributed by atoms with Crippen molar-refractivity contribution in [3.8, 4) is 0 Å². The van der Waals surface area contributed by atoms with Crippen LogP contribution in [0.2, 0.25) is 0 Å². The number of hydrogen-bond donors (Lipinski definition) is 2. The molecule has 2 heterocycles. The largest absolute Gasteiger partial charge is 0.481 e. The van der Waals surface area contributed by atoms with Crippen LogP contribution in [0.4, 0.5) is 0 Å². The van der Waals surface area contributed by atoms with Gasteiger partial charge in [-0.3, -0.25) is 4.79 Å². The molecule has 1 atom stereocenters. The fourth-order valence-corrected chi connectivity index (χ4v) is 5.87. The monoisotopic (exact) mass is 340 g/mol. The van der Waals surface area contributed by atoms with Crippen molar-refractivity contribution in [2.24, 2.45) is 11.8 Å². The van der Waals surface area contributed by atoms with Crippen molar-refractivity contribution in [1.29, 1.82) is 0 Å². The summed E-state index contributed by atoms with van der Waals surface area (Å²) in [6.07, 6.45) is 1.08. The number of nitrogens with zero attached hydrogens (tertiary/aromatic N) is 1.